The van der Waals surface area contributed by atoms with E-state index in [4.69, 9.17) is 11.6 Å². The van der Waals surface area contributed by atoms with E-state index in [0.717, 1.165) is 5.56 Å². The molecule has 28 heavy (non-hydrogen) atoms. The molecule has 2 aromatic carbocycles. The van der Waals surface area contributed by atoms with Crippen LogP contribution in [0.25, 0.3) is 0 Å². The zero-order valence-electron chi connectivity index (χ0n) is 15.7. The van der Waals surface area contributed by atoms with Crippen LogP contribution in [0.2, 0.25) is 5.02 Å². The minimum absolute atomic E-state index is 0.0575. The fourth-order valence-corrected chi connectivity index (χ4v) is 4.73. The van der Waals surface area contributed by atoms with Crippen LogP contribution < -0.4 is 5.32 Å². The molecule has 1 N–H and O–H groups in total. The highest BCUT2D eigenvalue weighted by atomic mass is 35.5. The maximum atomic E-state index is 12.8. The number of rotatable bonds is 6. The maximum absolute atomic E-state index is 12.8. The topological polar surface area (TPSA) is 69.7 Å². The quantitative estimate of drug-likeness (QED) is 0.777. The summed E-state index contributed by atoms with van der Waals surface area (Å²) in [6.07, 6.45) is 0. The number of hydrogen-bond acceptors (Lipinski definition) is 4. The Hall–Kier alpha value is -1.93. The van der Waals surface area contributed by atoms with Crippen molar-refractivity contribution in [1.29, 1.82) is 0 Å². The second kappa shape index (κ2) is 9.05. The van der Waals surface area contributed by atoms with Gasteiger partial charge in [-0.15, -0.1) is 0 Å². The van der Waals surface area contributed by atoms with E-state index in [1.165, 1.54) is 16.4 Å². The first-order valence-corrected chi connectivity index (χ1v) is 11.0. The summed E-state index contributed by atoms with van der Waals surface area (Å²) < 4.78 is 27.0. The normalized spacial score (nSPS) is 17.2. The van der Waals surface area contributed by atoms with Crippen molar-refractivity contribution in [1.82, 2.24) is 14.5 Å². The molecule has 0 bridgehead atoms. The van der Waals surface area contributed by atoms with Crippen LogP contribution in [-0.4, -0.2) is 55.8 Å². The number of carbonyl (C=O) groups excluding carboxylic acids is 1. The minimum atomic E-state index is -3.55. The fraction of sp³-hybridized carbons (Fsp3) is 0.350. The average molecular weight is 422 g/mol. The molecule has 6 nitrogen and oxygen atoms in total. The highest BCUT2D eigenvalue weighted by molar-refractivity contribution is 7.89. The molecule has 3 rings (SSSR count). The van der Waals surface area contributed by atoms with E-state index in [0.29, 0.717) is 37.7 Å². The van der Waals surface area contributed by atoms with Gasteiger partial charge < -0.3 is 5.32 Å². The summed E-state index contributed by atoms with van der Waals surface area (Å²) in [5.41, 5.74) is 1.04. The van der Waals surface area contributed by atoms with Crippen molar-refractivity contribution in [3.8, 4) is 0 Å². The Kier molecular flexibility index (Phi) is 6.72. The zero-order chi connectivity index (χ0) is 20.1. The molecular weight excluding hydrogens is 398 g/mol. The van der Waals surface area contributed by atoms with Crippen LogP contribution in [0.5, 0.6) is 0 Å². The van der Waals surface area contributed by atoms with Crippen LogP contribution >= 0.6 is 11.6 Å². The lowest BCUT2D eigenvalue weighted by molar-refractivity contribution is -0.126. The Labute approximate surface area is 171 Å². The second-order valence-electron chi connectivity index (χ2n) is 6.77. The summed E-state index contributed by atoms with van der Waals surface area (Å²) in [4.78, 5) is 14.7. The van der Waals surface area contributed by atoms with Crippen LogP contribution in [0.15, 0.2) is 59.5 Å². The van der Waals surface area contributed by atoms with Crippen molar-refractivity contribution < 1.29 is 13.2 Å². The lowest BCUT2D eigenvalue weighted by atomic mass is 10.2. The maximum Gasteiger partial charge on any atom is 0.243 e. The Balaban J connectivity index is 1.54. The number of piperazine rings is 1. The van der Waals surface area contributed by atoms with E-state index < -0.39 is 10.0 Å². The van der Waals surface area contributed by atoms with E-state index in [1.807, 2.05) is 42.2 Å². The molecule has 2 aromatic rings. The van der Waals surface area contributed by atoms with Crippen molar-refractivity contribution in [2.45, 2.75) is 24.4 Å². The molecule has 0 aliphatic carbocycles. The number of sulfonamides is 1. The van der Waals surface area contributed by atoms with Crippen LogP contribution in [0.4, 0.5) is 0 Å². The van der Waals surface area contributed by atoms with Gasteiger partial charge in [-0.25, -0.2) is 8.42 Å². The smallest absolute Gasteiger partial charge is 0.243 e. The third-order valence-electron chi connectivity index (χ3n) is 4.96. The van der Waals surface area contributed by atoms with E-state index in [1.54, 1.807) is 12.1 Å². The Morgan fingerprint density at radius 2 is 1.64 bits per heavy atom. The van der Waals surface area contributed by atoms with Gasteiger partial charge in [0, 0.05) is 37.7 Å². The van der Waals surface area contributed by atoms with E-state index in [-0.39, 0.29) is 16.8 Å². The standard InChI is InChI=1S/C20H24ClN3O3S/c1-16(20(25)22-15-17-5-3-2-4-6-17)23-11-13-24(14-12-23)28(26,27)19-9-7-18(21)8-10-19/h2-10,16H,11-15H2,1H3,(H,22,25). The summed E-state index contributed by atoms with van der Waals surface area (Å²) in [5.74, 6) is -0.0575. The van der Waals surface area contributed by atoms with Gasteiger partial charge in [-0.3, -0.25) is 9.69 Å². The lowest BCUT2D eigenvalue weighted by Gasteiger charge is -2.36. The lowest BCUT2D eigenvalue weighted by Crippen LogP contribution is -2.54. The summed E-state index contributed by atoms with van der Waals surface area (Å²) in [6, 6.07) is 15.6. The van der Waals surface area contributed by atoms with Crippen molar-refractivity contribution in [3.63, 3.8) is 0 Å². The largest absolute Gasteiger partial charge is 0.351 e. The molecule has 1 amide bonds. The summed E-state index contributed by atoms with van der Waals surface area (Å²) in [5, 5.41) is 3.44. The molecule has 8 heteroatoms. The van der Waals surface area contributed by atoms with E-state index in [2.05, 4.69) is 5.32 Å². The van der Waals surface area contributed by atoms with Gasteiger partial charge in [0.1, 0.15) is 0 Å². The number of hydrogen-bond donors (Lipinski definition) is 1. The Bertz CT molecular complexity index is 896. The van der Waals surface area contributed by atoms with Crippen molar-refractivity contribution in [2.24, 2.45) is 0 Å². The van der Waals surface area contributed by atoms with Gasteiger partial charge in [-0.2, -0.15) is 4.31 Å². The Morgan fingerprint density at radius 1 is 1.04 bits per heavy atom. The van der Waals surface area contributed by atoms with Gasteiger partial charge in [0.2, 0.25) is 15.9 Å². The molecule has 0 saturated carbocycles. The third kappa shape index (κ3) is 4.91. The molecule has 0 aromatic heterocycles. The van der Waals surface area contributed by atoms with Gasteiger partial charge in [0.25, 0.3) is 0 Å². The number of carbonyl (C=O) groups is 1. The molecule has 150 valence electrons. The third-order valence-corrected chi connectivity index (χ3v) is 7.13. The van der Waals surface area contributed by atoms with E-state index in [9.17, 15) is 13.2 Å². The molecule has 1 aliphatic heterocycles. The van der Waals surface area contributed by atoms with Gasteiger partial charge in [-0.1, -0.05) is 41.9 Å². The first kappa shape index (κ1) is 20.8. The Morgan fingerprint density at radius 3 is 2.25 bits per heavy atom. The highest BCUT2D eigenvalue weighted by Gasteiger charge is 2.31. The van der Waals surface area contributed by atoms with Crippen molar-refractivity contribution in [3.05, 3.63) is 65.2 Å². The van der Waals surface area contributed by atoms with Crippen LogP contribution in [0.1, 0.15) is 12.5 Å². The molecular formula is C20H24ClN3O3S. The fourth-order valence-electron chi connectivity index (χ4n) is 3.19. The number of amides is 1. The molecule has 1 saturated heterocycles. The average Bonchev–Trinajstić information content (AvgIpc) is 2.72. The first-order chi connectivity index (χ1) is 13.4. The predicted molar refractivity (Wildman–Crippen MR) is 110 cm³/mol. The predicted octanol–water partition coefficient (Wildman–Crippen LogP) is 2.35. The number of nitrogens with one attached hydrogen (secondary N) is 1. The van der Waals surface area contributed by atoms with Crippen LogP contribution in [0.3, 0.4) is 0 Å². The molecule has 1 aliphatic rings. The van der Waals surface area contributed by atoms with Gasteiger partial charge in [-0.05, 0) is 36.8 Å². The van der Waals surface area contributed by atoms with E-state index >= 15 is 0 Å². The van der Waals surface area contributed by atoms with Crippen LogP contribution in [-0.2, 0) is 21.4 Å². The summed E-state index contributed by atoms with van der Waals surface area (Å²) in [7, 11) is -3.55. The highest BCUT2D eigenvalue weighted by Crippen LogP contribution is 2.20. The monoisotopic (exact) mass is 421 g/mol. The van der Waals surface area contributed by atoms with Gasteiger partial charge >= 0.3 is 0 Å². The van der Waals surface area contributed by atoms with Crippen LogP contribution in [0, 0.1) is 0 Å². The van der Waals surface area contributed by atoms with Crippen molar-refractivity contribution >= 4 is 27.5 Å². The molecule has 0 radical (unpaired) electrons. The van der Waals surface area contributed by atoms with Crippen molar-refractivity contribution in [2.75, 3.05) is 26.2 Å². The number of nitrogens with zero attached hydrogens (tertiary/aromatic N) is 2. The molecule has 0 spiro atoms. The number of benzene rings is 2. The summed E-state index contributed by atoms with van der Waals surface area (Å²) in [6.45, 7) is 4.04. The molecule has 1 heterocycles. The molecule has 1 unspecified atom stereocenters. The molecule has 1 atom stereocenters. The molecule has 1 fully saturated rings. The zero-order valence-corrected chi connectivity index (χ0v) is 17.3. The second-order valence-corrected chi connectivity index (χ2v) is 9.15. The summed E-state index contributed by atoms with van der Waals surface area (Å²) >= 11 is 5.84. The van der Waals surface area contributed by atoms with Gasteiger partial charge in [0.15, 0.2) is 0 Å². The van der Waals surface area contributed by atoms with Gasteiger partial charge in [0.05, 0.1) is 10.9 Å². The SMILES string of the molecule is CC(C(=O)NCc1ccccc1)N1CCN(S(=O)(=O)c2ccc(Cl)cc2)CC1. The first-order valence-electron chi connectivity index (χ1n) is 9.19. The minimum Gasteiger partial charge on any atom is -0.351 e. The number of halogens is 1.